The average molecular weight is 502 g/mol. The fraction of sp³-hybridized carbons (Fsp3) is 0.810. The van der Waals surface area contributed by atoms with E-state index in [1.54, 1.807) is 0 Å². The van der Waals surface area contributed by atoms with Crippen molar-refractivity contribution in [3.63, 3.8) is 0 Å². The van der Waals surface area contributed by atoms with E-state index in [0.717, 1.165) is 31.6 Å². The van der Waals surface area contributed by atoms with Gasteiger partial charge in [-0.3, -0.25) is 4.99 Å². The zero-order valence-corrected chi connectivity index (χ0v) is 20.2. The van der Waals surface area contributed by atoms with Crippen LogP contribution in [0.1, 0.15) is 57.9 Å². The maximum Gasteiger partial charge on any atom is 0.193 e. The van der Waals surface area contributed by atoms with Crippen molar-refractivity contribution in [2.75, 3.05) is 40.3 Å². The van der Waals surface area contributed by atoms with E-state index >= 15 is 0 Å². The predicted molar refractivity (Wildman–Crippen MR) is 128 cm³/mol. The molecule has 1 aromatic heterocycles. The summed E-state index contributed by atoms with van der Waals surface area (Å²) in [5, 5.41) is 3.60. The third-order valence-electron chi connectivity index (χ3n) is 6.51. The van der Waals surface area contributed by atoms with Crippen molar-refractivity contribution in [3.05, 3.63) is 18.7 Å². The molecule has 1 saturated heterocycles. The minimum atomic E-state index is 0. The molecule has 0 bridgehead atoms. The first kappa shape index (κ1) is 23.4. The molecule has 2 aliphatic rings. The molecule has 28 heavy (non-hydrogen) atoms. The highest BCUT2D eigenvalue weighted by molar-refractivity contribution is 14.0. The summed E-state index contributed by atoms with van der Waals surface area (Å²) in [6, 6.07) is 1.27. The minimum absolute atomic E-state index is 0. The number of hydrogen-bond donors (Lipinski definition) is 1. The lowest BCUT2D eigenvalue weighted by Gasteiger charge is -2.39. The van der Waals surface area contributed by atoms with Gasteiger partial charge in [-0.15, -0.1) is 24.0 Å². The van der Waals surface area contributed by atoms with Crippen molar-refractivity contribution < 1.29 is 0 Å². The summed E-state index contributed by atoms with van der Waals surface area (Å²) < 4.78 is 2.25. The third kappa shape index (κ3) is 6.34. The van der Waals surface area contributed by atoms with Crippen LogP contribution >= 0.6 is 24.0 Å². The van der Waals surface area contributed by atoms with Gasteiger partial charge >= 0.3 is 0 Å². The van der Waals surface area contributed by atoms with Crippen LogP contribution in [0, 0.1) is 5.92 Å². The quantitative estimate of drug-likeness (QED) is 0.280. The molecule has 0 aromatic carbocycles. The zero-order chi connectivity index (χ0) is 19.1. The summed E-state index contributed by atoms with van der Waals surface area (Å²) in [6.07, 6.45) is 15.3. The van der Waals surface area contributed by atoms with Crippen LogP contribution in [-0.2, 0) is 0 Å². The molecule has 160 valence electrons. The van der Waals surface area contributed by atoms with Gasteiger partial charge in [-0.2, -0.15) is 0 Å². The maximum absolute atomic E-state index is 4.55. The highest BCUT2D eigenvalue weighted by Crippen LogP contribution is 2.27. The Morgan fingerprint density at radius 2 is 2.04 bits per heavy atom. The maximum atomic E-state index is 4.55. The summed E-state index contributed by atoms with van der Waals surface area (Å²) in [5.74, 6) is 1.71. The highest BCUT2D eigenvalue weighted by atomic mass is 127. The van der Waals surface area contributed by atoms with E-state index in [0.29, 0.717) is 12.0 Å². The number of aliphatic imine (C=N–C) groups is 1. The molecule has 1 saturated carbocycles. The molecule has 2 fully saturated rings. The SMILES string of the molecule is CN=C(NCCCN(C)C1CCCCC1)N1CCC(C)C(n2ccnc2)C1.I. The molecule has 6 nitrogen and oxygen atoms in total. The summed E-state index contributed by atoms with van der Waals surface area (Å²) in [7, 11) is 4.20. The summed E-state index contributed by atoms with van der Waals surface area (Å²) in [5.41, 5.74) is 0. The number of halogens is 1. The summed E-state index contributed by atoms with van der Waals surface area (Å²) in [4.78, 5) is 13.8. The van der Waals surface area contributed by atoms with Crippen molar-refractivity contribution in [1.29, 1.82) is 0 Å². The lowest BCUT2D eigenvalue weighted by molar-refractivity contribution is 0.185. The van der Waals surface area contributed by atoms with Crippen molar-refractivity contribution in [1.82, 2.24) is 24.7 Å². The Morgan fingerprint density at radius 3 is 2.71 bits per heavy atom. The van der Waals surface area contributed by atoms with Gasteiger partial charge in [-0.1, -0.05) is 26.2 Å². The first-order chi connectivity index (χ1) is 13.2. The smallest absolute Gasteiger partial charge is 0.193 e. The number of likely N-dealkylation sites (tertiary alicyclic amines) is 1. The number of hydrogen-bond acceptors (Lipinski definition) is 3. The van der Waals surface area contributed by atoms with Crippen LogP contribution in [0.5, 0.6) is 0 Å². The Balaban J connectivity index is 0.00000280. The fourth-order valence-electron chi connectivity index (χ4n) is 4.66. The Morgan fingerprint density at radius 1 is 1.25 bits per heavy atom. The molecular formula is C21H39IN6. The van der Waals surface area contributed by atoms with E-state index in [-0.39, 0.29) is 24.0 Å². The van der Waals surface area contributed by atoms with E-state index in [9.17, 15) is 0 Å². The zero-order valence-electron chi connectivity index (χ0n) is 17.9. The van der Waals surface area contributed by atoms with Gasteiger partial charge in [0.15, 0.2) is 5.96 Å². The predicted octanol–water partition coefficient (Wildman–Crippen LogP) is 3.61. The van der Waals surface area contributed by atoms with Crippen LogP contribution in [0.4, 0.5) is 0 Å². The third-order valence-corrected chi connectivity index (χ3v) is 6.51. The van der Waals surface area contributed by atoms with Crippen molar-refractivity contribution in [2.45, 2.75) is 64.0 Å². The molecule has 2 unspecified atom stereocenters. The second-order valence-electron chi connectivity index (χ2n) is 8.39. The molecule has 3 rings (SSSR count). The molecule has 0 radical (unpaired) electrons. The number of aromatic nitrogens is 2. The Labute approximate surface area is 188 Å². The lowest BCUT2D eigenvalue weighted by atomic mass is 9.93. The molecule has 2 atom stereocenters. The van der Waals surface area contributed by atoms with Gasteiger partial charge < -0.3 is 19.7 Å². The van der Waals surface area contributed by atoms with Gasteiger partial charge in [0.25, 0.3) is 0 Å². The average Bonchev–Trinajstić information content (AvgIpc) is 3.24. The number of nitrogens with zero attached hydrogens (tertiary/aromatic N) is 5. The molecular weight excluding hydrogens is 463 g/mol. The highest BCUT2D eigenvalue weighted by Gasteiger charge is 2.28. The Hall–Kier alpha value is -0.830. The monoisotopic (exact) mass is 502 g/mol. The first-order valence-corrected chi connectivity index (χ1v) is 10.8. The fourth-order valence-corrected chi connectivity index (χ4v) is 4.66. The van der Waals surface area contributed by atoms with E-state index in [4.69, 9.17) is 0 Å². The van der Waals surface area contributed by atoms with Crippen LogP contribution in [-0.4, -0.2) is 71.6 Å². The van der Waals surface area contributed by atoms with Gasteiger partial charge in [-0.25, -0.2) is 4.98 Å². The molecule has 0 spiro atoms. The molecule has 1 N–H and O–H groups in total. The van der Waals surface area contributed by atoms with Gasteiger partial charge in [-0.05, 0) is 45.2 Å². The van der Waals surface area contributed by atoms with Crippen LogP contribution in [0.2, 0.25) is 0 Å². The van der Waals surface area contributed by atoms with Crippen LogP contribution in [0.3, 0.4) is 0 Å². The van der Waals surface area contributed by atoms with Crippen molar-refractivity contribution in [3.8, 4) is 0 Å². The van der Waals surface area contributed by atoms with Gasteiger partial charge in [0, 0.05) is 45.1 Å². The van der Waals surface area contributed by atoms with E-state index in [1.165, 1.54) is 51.5 Å². The van der Waals surface area contributed by atoms with E-state index in [2.05, 4.69) is 49.8 Å². The van der Waals surface area contributed by atoms with Crippen molar-refractivity contribution in [2.24, 2.45) is 10.9 Å². The standard InChI is InChI=1S/C21H38N6.HI/c1-18-10-14-26(16-20(18)27-15-12-23-17-27)21(22-2)24-11-7-13-25(3)19-8-5-4-6-9-19;/h12,15,17-20H,4-11,13-14,16H2,1-3H3,(H,22,24);1H. The molecule has 2 heterocycles. The van der Waals surface area contributed by atoms with Gasteiger partial charge in [0.2, 0.25) is 0 Å². The first-order valence-electron chi connectivity index (χ1n) is 10.8. The topological polar surface area (TPSA) is 48.7 Å². The number of nitrogens with one attached hydrogen (secondary N) is 1. The number of rotatable bonds is 6. The van der Waals surface area contributed by atoms with E-state index < -0.39 is 0 Å². The summed E-state index contributed by atoms with van der Waals surface area (Å²) >= 11 is 0. The number of piperidine rings is 1. The Bertz CT molecular complexity index is 569. The van der Waals surface area contributed by atoms with Gasteiger partial charge in [0.1, 0.15) is 0 Å². The lowest BCUT2D eigenvalue weighted by Crippen LogP contribution is -2.49. The van der Waals surface area contributed by atoms with Crippen LogP contribution in [0.15, 0.2) is 23.7 Å². The van der Waals surface area contributed by atoms with Crippen LogP contribution in [0.25, 0.3) is 0 Å². The van der Waals surface area contributed by atoms with E-state index in [1.807, 2.05) is 19.6 Å². The molecule has 1 aliphatic heterocycles. The normalized spacial score (nSPS) is 24.3. The number of imidazole rings is 1. The number of guanidine groups is 1. The molecule has 1 aromatic rings. The second kappa shape index (κ2) is 12.0. The second-order valence-corrected chi connectivity index (χ2v) is 8.39. The Kier molecular flexibility index (Phi) is 10.0. The molecule has 1 aliphatic carbocycles. The molecule has 0 amide bonds. The van der Waals surface area contributed by atoms with Gasteiger partial charge in [0.05, 0.1) is 12.4 Å². The minimum Gasteiger partial charge on any atom is -0.356 e. The van der Waals surface area contributed by atoms with Crippen LogP contribution < -0.4 is 5.32 Å². The largest absolute Gasteiger partial charge is 0.356 e. The molecule has 7 heteroatoms. The summed E-state index contributed by atoms with van der Waals surface area (Å²) in [6.45, 7) is 6.58. The van der Waals surface area contributed by atoms with Crippen molar-refractivity contribution >= 4 is 29.9 Å².